The normalized spacial score (nSPS) is 10.1. The SMILES string of the molecule is COc1ccc(COc2ccc(C)c(O)c2C=O)cc1. The second kappa shape index (κ2) is 6.10. The average Bonchev–Trinajstić information content (AvgIpc) is 2.49. The fourth-order valence-corrected chi connectivity index (χ4v) is 1.82. The number of phenolic OH excluding ortho intramolecular Hbond substituents is 1. The van der Waals surface area contributed by atoms with E-state index in [2.05, 4.69) is 0 Å². The Kier molecular flexibility index (Phi) is 4.25. The van der Waals surface area contributed by atoms with E-state index >= 15 is 0 Å². The van der Waals surface area contributed by atoms with E-state index in [-0.39, 0.29) is 11.3 Å². The Labute approximate surface area is 117 Å². The Hall–Kier alpha value is -2.49. The molecule has 0 spiro atoms. The summed E-state index contributed by atoms with van der Waals surface area (Å²) in [4.78, 5) is 11.0. The fraction of sp³-hybridized carbons (Fsp3) is 0.188. The number of rotatable bonds is 5. The van der Waals surface area contributed by atoms with Crippen LogP contribution in [0.5, 0.6) is 17.2 Å². The number of hydrogen-bond donors (Lipinski definition) is 1. The zero-order valence-electron chi connectivity index (χ0n) is 11.4. The second-order valence-corrected chi connectivity index (χ2v) is 4.40. The zero-order valence-corrected chi connectivity index (χ0v) is 11.4. The molecule has 4 heteroatoms. The molecule has 0 atom stereocenters. The quantitative estimate of drug-likeness (QED) is 0.850. The lowest BCUT2D eigenvalue weighted by atomic mass is 10.1. The number of hydrogen-bond acceptors (Lipinski definition) is 4. The zero-order chi connectivity index (χ0) is 14.5. The molecule has 0 aliphatic rings. The third-order valence-corrected chi connectivity index (χ3v) is 3.05. The highest BCUT2D eigenvalue weighted by molar-refractivity contribution is 5.84. The number of phenols is 1. The molecule has 0 aliphatic carbocycles. The number of benzene rings is 2. The van der Waals surface area contributed by atoms with Crippen LogP contribution in [0.3, 0.4) is 0 Å². The van der Waals surface area contributed by atoms with Gasteiger partial charge < -0.3 is 14.6 Å². The van der Waals surface area contributed by atoms with Crippen LogP contribution in [0.25, 0.3) is 0 Å². The number of methoxy groups -OCH3 is 1. The van der Waals surface area contributed by atoms with Crippen LogP contribution >= 0.6 is 0 Å². The van der Waals surface area contributed by atoms with Crippen molar-refractivity contribution >= 4 is 6.29 Å². The van der Waals surface area contributed by atoms with E-state index < -0.39 is 0 Å². The van der Waals surface area contributed by atoms with Gasteiger partial charge in [0, 0.05) is 0 Å². The minimum absolute atomic E-state index is 0.0350. The molecular formula is C16H16O4. The van der Waals surface area contributed by atoms with Crippen LogP contribution in [-0.2, 0) is 6.61 Å². The molecule has 2 rings (SSSR count). The molecule has 2 aromatic carbocycles. The summed E-state index contributed by atoms with van der Waals surface area (Å²) >= 11 is 0. The molecular weight excluding hydrogens is 256 g/mol. The summed E-state index contributed by atoms with van der Waals surface area (Å²) < 4.78 is 10.7. The Morgan fingerprint density at radius 3 is 2.45 bits per heavy atom. The van der Waals surface area contributed by atoms with Crippen LogP contribution in [0.2, 0.25) is 0 Å². The number of ether oxygens (including phenoxy) is 2. The van der Waals surface area contributed by atoms with E-state index in [0.717, 1.165) is 11.3 Å². The van der Waals surface area contributed by atoms with Crippen LogP contribution in [0.1, 0.15) is 21.5 Å². The number of carbonyl (C=O) groups excluding carboxylic acids is 1. The molecule has 0 fully saturated rings. The first-order valence-corrected chi connectivity index (χ1v) is 6.19. The van der Waals surface area contributed by atoms with Crippen molar-refractivity contribution in [3.8, 4) is 17.2 Å². The highest BCUT2D eigenvalue weighted by atomic mass is 16.5. The lowest BCUT2D eigenvalue weighted by Crippen LogP contribution is -1.99. The molecule has 0 bridgehead atoms. The van der Waals surface area contributed by atoms with Gasteiger partial charge in [0.2, 0.25) is 0 Å². The van der Waals surface area contributed by atoms with Crippen molar-refractivity contribution < 1.29 is 19.4 Å². The summed E-state index contributed by atoms with van der Waals surface area (Å²) in [5.41, 5.74) is 1.77. The van der Waals surface area contributed by atoms with Crippen molar-refractivity contribution in [3.63, 3.8) is 0 Å². The lowest BCUT2D eigenvalue weighted by Gasteiger charge is -2.11. The minimum atomic E-state index is -0.0350. The largest absolute Gasteiger partial charge is 0.507 e. The average molecular weight is 272 g/mol. The molecule has 0 heterocycles. The summed E-state index contributed by atoms with van der Waals surface area (Å²) in [6.45, 7) is 2.04. The highest BCUT2D eigenvalue weighted by Gasteiger charge is 2.11. The molecule has 104 valence electrons. The van der Waals surface area contributed by atoms with Crippen molar-refractivity contribution in [2.24, 2.45) is 0 Å². The Morgan fingerprint density at radius 1 is 1.15 bits per heavy atom. The first kappa shape index (κ1) is 13.9. The van der Waals surface area contributed by atoms with E-state index in [4.69, 9.17) is 9.47 Å². The monoisotopic (exact) mass is 272 g/mol. The maximum absolute atomic E-state index is 11.0. The Balaban J connectivity index is 2.14. The molecule has 4 nitrogen and oxygen atoms in total. The van der Waals surface area contributed by atoms with Crippen LogP contribution in [-0.4, -0.2) is 18.5 Å². The summed E-state index contributed by atoms with van der Waals surface area (Å²) in [6, 6.07) is 10.8. The van der Waals surface area contributed by atoms with Gasteiger partial charge in [0.25, 0.3) is 0 Å². The number of carbonyl (C=O) groups is 1. The second-order valence-electron chi connectivity index (χ2n) is 4.40. The van der Waals surface area contributed by atoms with Crippen molar-refractivity contribution in [2.75, 3.05) is 7.11 Å². The van der Waals surface area contributed by atoms with Gasteiger partial charge in [0.15, 0.2) is 6.29 Å². The van der Waals surface area contributed by atoms with Crippen molar-refractivity contribution in [2.45, 2.75) is 13.5 Å². The van der Waals surface area contributed by atoms with E-state index in [1.807, 2.05) is 24.3 Å². The standard InChI is InChI=1S/C16H16O4/c1-11-3-8-15(14(9-17)16(11)18)20-10-12-4-6-13(19-2)7-5-12/h3-9,18H,10H2,1-2H3. The van der Waals surface area contributed by atoms with Gasteiger partial charge in [-0.25, -0.2) is 0 Å². The molecule has 0 saturated heterocycles. The number of aryl methyl sites for hydroxylation is 1. The van der Waals surface area contributed by atoms with E-state index in [9.17, 15) is 9.90 Å². The highest BCUT2D eigenvalue weighted by Crippen LogP contribution is 2.29. The summed E-state index contributed by atoms with van der Waals surface area (Å²) in [5, 5.41) is 9.82. The van der Waals surface area contributed by atoms with Gasteiger partial charge >= 0.3 is 0 Å². The predicted molar refractivity (Wildman–Crippen MR) is 75.6 cm³/mol. The molecule has 0 radical (unpaired) electrons. The lowest BCUT2D eigenvalue weighted by molar-refractivity contribution is 0.111. The van der Waals surface area contributed by atoms with Gasteiger partial charge in [-0.3, -0.25) is 4.79 Å². The van der Waals surface area contributed by atoms with Gasteiger partial charge in [-0.2, -0.15) is 0 Å². The third kappa shape index (κ3) is 2.91. The molecule has 1 N–H and O–H groups in total. The van der Waals surface area contributed by atoms with E-state index in [0.29, 0.717) is 24.2 Å². The van der Waals surface area contributed by atoms with Gasteiger partial charge in [-0.05, 0) is 36.2 Å². The van der Waals surface area contributed by atoms with Crippen LogP contribution < -0.4 is 9.47 Å². The van der Waals surface area contributed by atoms with Crippen molar-refractivity contribution in [3.05, 3.63) is 53.1 Å². The summed E-state index contributed by atoms with van der Waals surface area (Å²) in [7, 11) is 1.61. The van der Waals surface area contributed by atoms with Gasteiger partial charge in [-0.15, -0.1) is 0 Å². The molecule has 2 aromatic rings. The van der Waals surface area contributed by atoms with Crippen LogP contribution in [0.15, 0.2) is 36.4 Å². The number of aldehydes is 1. The molecule has 20 heavy (non-hydrogen) atoms. The molecule has 0 saturated carbocycles. The minimum Gasteiger partial charge on any atom is -0.507 e. The maximum Gasteiger partial charge on any atom is 0.157 e. The molecule has 0 aliphatic heterocycles. The molecule has 0 aromatic heterocycles. The van der Waals surface area contributed by atoms with Crippen molar-refractivity contribution in [1.82, 2.24) is 0 Å². The van der Waals surface area contributed by atoms with Gasteiger partial charge in [-0.1, -0.05) is 18.2 Å². The summed E-state index contributed by atoms with van der Waals surface area (Å²) in [6.07, 6.45) is 0.603. The fourth-order valence-electron chi connectivity index (χ4n) is 1.82. The Morgan fingerprint density at radius 2 is 1.85 bits per heavy atom. The number of aromatic hydroxyl groups is 1. The topological polar surface area (TPSA) is 55.8 Å². The first-order chi connectivity index (χ1) is 9.65. The maximum atomic E-state index is 11.0. The van der Waals surface area contributed by atoms with Crippen LogP contribution in [0.4, 0.5) is 0 Å². The summed E-state index contributed by atoms with van der Waals surface area (Å²) in [5.74, 6) is 1.11. The van der Waals surface area contributed by atoms with Gasteiger partial charge in [0.05, 0.1) is 12.7 Å². The van der Waals surface area contributed by atoms with E-state index in [1.165, 1.54) is 0 Å². The molecule has 0 amide bonds. The van der Waals surface area contributed by atoms with Gasteiger partial charge in [0.1, 0.15) is 23.9 Å². The van der Waals surface area contributed by atoms with Crippen molar-refractivity contribution in [1.29, 1.82) is 0 Å². The van der Waals surface area contributed by atoms with Crippen LogP contribution in [0, 0.1) is 6.92 Å². The first-order valence-electron chi connectivity index (χ1n) is 6.19. The Bertz CT molecular complexity index is 603. The predicted octanol–water partition coefficient (Wildman–Crippen LogP) is 3.10. The van der Waals surface area contributed by atoms with E-state index in [1.54, 1.807) is 26.2 Å². The third-order valence-electron chi connectivity index (χ3n) is 3.05. The smallest absolute Gasteiger partial charge is 0.157 e. The molecule has 0 unspecified atom stereocenters.